The summed E-state index contributed by atoms with van der Waals surface area (Å²) in [5.74, 6) is 0. The quantitative estimate of drug-likeness (QED) is 0.189. The molecule has 2 rings (SSSR count). The molecule has 2 N–H and O–H groups in total. The van der Waals surface area contributed by atoms with E-state index in [9.17, 15) is 0 Å². The molecule has 0 fully saturated rings. The van der Waals surface area contributed by atoms with E-state index < -0.39 is 18.4 Å². The maximum atomic E-state index is 5.78. The molecule has 0 atom stereocenters. The zero-order valence-electron chi connectivity index (χ0n) is 18.2. The van der Waals surface area contributed by atoms with E-state index in [0.29, 0.717) is 0 Å². The van der Waals surface area contributed by atoms with Gasteiger partial charge in [0.05, 0.1) is 0 Å². The summed E-state index contributed by atoms with van der Waals surface area (Å²) in [6.45, 7) is 7.05. The van der Waals surface area contributed by atoms with Crippen LogP contribution in [-0.4, -0.2) is 18.4 Å². The molecule has 152 valence electrons. The number of nitrogens with two attached hydrogens (primary N) is 1. The molecule has 0 radical (unpaired) electrons. The predicted molar refractivity (Wildman–Crippen MR) is 131 cm³/mol. The minimum absolute atomic E-state index is 0.816. The first kappa shape index (κ1) is 23.1. The van der Waals surface area contributed by atoms with Gasteiger partial charge in [-0.05, 0) is 0 Å². The van der Waals surface area contributed by atoms with Gasteiger partial charge in [0.1, 0.15) is 0 Å². The Morgan fingerprint density at radius 2 is 1.04 bits per heavy atom. The van der Waals surface area contributed by atoms with Gasteiger partial charge in [-0.3, -0.25) is 0 Å². The molecule has 0 amide bonds. The predicted octanol–water partition coefficient (Wildman–Crippen LogP) is 7.50. The Balaban J connectivity index is 2.21. The zero-order chi connectivity index (χ0) is 20.2. The first-order valence-corrected chi connectivity index (χ1v) is 18.8. The van der Waals surface area contributed by atoms with Gasteiger partial charge in [-0.25, -0.2) is 0 Å². The molecule has 0 aliphatic carbocycles. The fraction of sp³-hybridized carbons (Fsp3) is 0.462. The number of unbranched alkanes of at least 4 members (excludes halogenated alkanes) is 3. The Morgan fingerprint density at radius 1 is 0.643 bits per heavy atom. The molecular formula is C26H39NSn. The second-order valence-corrected chi connectivity index (χ2v) is 21.5. The molecule has 0 unspecified atom stereocenters. The summed E-state index contributed by atoms with van der Waals surface area (Å²) in [6, 6.07) is 17.7. The average molecular weight is 484 g/mol. The third-order valence-corrected chi connectivity index (χ3v) is 21.6. The van der Waals surface area contributed by atoms with Crippen molar-refractivity contribution in [3.05, 3.63) is 59.7 Å². The Bertz CT molecular complexity index is 678. The Hall–Kier alpha value is -1.22. The monoisotopic (exact) mass is 485 g/mol. The normalized spacial score (nSPS) is 12.0. The average Bonchev–Trinajstić information content (AvgIpc) is 2.73. The van der Waals surface area contributed by atoms with Crippen molar-refractivity contribution in [2.24, 2.45) is 0 Å². The van der Waals surface area contributed by atoms with Crippen LogP contribution in [0.2, 0.25) is 13.3 Å². The molecular weight excluding hydrogens is 445 g/mol. The van der Waals surface area contributed by atoms with E-state index in [1.807, 2.05) is 12.1 Å². The molecule has 0 saturated heterocycles. The summed E-state index contributed by atoms with van der Waals surface area (Å²) in [7, 11) is 0. The van der Waals surface area contributed by atoms with Gasteiger partial charge >= 0.3 is 178 Å². The molecule has 0 spiro atoms. The molecule has 0 heterocycles. The number of hydrogen-bond acceptors (Lipinski definition) is 1. The molecule has 28 heavy (non-hydrogen) atoms. The van der Waals surface area contributed by atoms with Crippen LogP contribution in [0.4, 0.5) is 5.69 Å². The molecule has 0 bridgehead atoms. The van der Waals surface area contributed by atoms with E-state index in [4.69, 9.17) is 5.73 Å². The zero-order valence-corrected chi connectivity index (χ0v) is 21.1. The van der Waals surface area contributed by atoms with Gasteiger partial charge in [-0.2, -0.15) is 0 Å². The Kier molecular flexibility index (Phi) is 10.2. The van der Waals surface area contributed by atoms with Gasteiger partial charge < -0.3 is 0 Å². The van der Waals surface area contributed by atoms with Crippen LogP contribution in [-0.2, 0) is 0 Å². The fourth-order valence-corrected chi connectivity index (χ4v) is 20.0. The standard InChI is InChI=1S/C14H12N.3C4H9.Sn/c15-14-10-8-13(9-11-14)7-6-12-4-2-1-3-5-12;3*1-3-4-2;/h2-11H,15H2;3*1,3-4H2,2H3;. The summed E-state index contributed by atoms with van der Waals surface area (Å²) in [4.78, 5) is 0. The number of anilines is 1. The molecule has 2 heteroatoms. The van der Waals surface area contributed by atoms with Crippen molar-refractivity contribution in [1.29, 1.82) is 0 Å². The summed E-state index contributed by atoms with van der Waals surface area (Å²) >= 11 is -2.29. The topological polar surface area (TPSA) is 26.0 Å². The van der Waals surface area contributed by atoms with Crippen LogP contribution in [0.15, 0.2) is 48.5 Å². The molecule has 0 saturated carbocycles. The van der Waals surface area contributed by atoms with Crippen LogP contribution in [0.3, 0.4) is 0 Å². The second-order valence-electron chi connectivity index (χ2n) is 8.21. The van der Waals surface area contributed by atoms with Gasteiger partial charge in [0.15, 0.2) is 0 Å². The van der Waals surface area contributed by atoms with Crippen LogP contribution in [0.25, 0.3) is 12.2 Å². The molecule has 1 nitrogen and oxygen atoms in total. The van der Waals surface area contributed by atoms with Crippen LogP contribution in [0, 0.1) is 0 Å². The van der Waals surface area contributed by atoms with Crippen LogP contribution in [0.1, 0.15) is 70.4 Å². The van der Waals surface area contributed by atoms with E-state index in [1.54, 1.807) is 3.58 Å². The summed E-state index contributed by atoms with van der Waals surface area (Å²) in [5.41, 5.74) is 9.08. The third-order valence-electron chi connectivity index (χ3n) is 5.95. The maximum absolute atomic E-state index is 5.78. The van der Waals surface area contributed by atoms with Gasteiger partial charge in [-0.1, -0.05) is 0 Å². The van der Waals surface area contributed by atoms with E-state index in [0.717, 1.165) is 5.69 Å². The first-order chi connectivity index (χ1) is 13.6. The van der Waals surface area contributed by atoms with Crippen molar-refractivity contribution in [2.75, 3.05) is 5.73 Å². The number of rotatable bonds is 12. The van der Waals surface area contributed by atoms with E-state index in [1.165, 1.54) is 63.0 Å². The van der Waals surface area contributed by atoms with Gasteiger partial charge in [-0.15, -0.1) is 0 Å². The van der Waals surface area contributed by atoms with E-state index in [-0.39, 0.29) is 0 Å². The fourth-order valence-electron chi connectivity index (χ4n) is 4.10. The number of nitrogen functional groups attached to an aromatic ring is 1. The van der Waals surface area contributed by atoms with Crippen molar-refractivity contribution in [2.45, 2.75) is 72.6 Å². The van der Waals surface area contributed by atoms with Gasteiger partial charge in [0, 0.05) is 0 Å². The van der Waals surface area contributed by atoms with Crippen molar-refractivity contribution >= 4 is 39.8 Å². The van der Waals surface area contributed by atoms with Gasteiger partial charge in [0.25, 0.3) is 0 Å². The molecule has 0 aliphatic heterocycles. The van der Waals surface area contributed by atoms with Crippen LogP contribution in [0.5, 0.6) is 0 Å². The molecule has 0 aliphatic rings. The number of hydrogen-bond donors (Lipinski definition) is 1. The van der Waals surface area contributed by atoms with Crippen molar-refractivity contribution in [3.63, 3.8) is 0 Å². The summed E-state index contributed by atoms with van der Waals surface area (Å²) < 4.78 is 6.36. The van der Waals surface area contributed by atoms with Crippen molar-refractivity contribution in [1.82, 2.24) is 0 Å². The van der Waals surface area contributed by atoms with Crippen molar-refractivity contribution < 1.29 is 0 Å². The summed E-state index contributed by atoms with van der Waals surface area (Å²) in [5, 5.41) is 0. The Morgan fingerprint density at radius 3 is 1.43 bits per heavy atom. The number of benzene rings is 2. The van der Waals surface area contributed by atoms with Crippen LogP contribution >= 0.6 is 0 Å². The summed E-state index contributed by atoms with van der Waals surface area (Å²) in [6.07, 6.45) is 12.7. The molecule has 0 aromatic heterocycles. The van der Waals surface area contributed by atoms with Crippen molar-refractivity contribution in [3.8, 4) is 0 Å². The Labute approximate surface area is 177 Å². The van der Waals surface area contributed by atoms with E-state index >= 15 is 0 Å². The minimum atomic E-state index is -2.29. The van der Waals surface area contributed by atoms with Gasteiger partial charge in [0.2, 0.25) is 0 Å². The third kappa shape index (κ3) is 6.99. The second kappa shape index (κ2) is 12.4. The molecule has 2 aromatic rings. The molecule has 2 aromatic carbocycles. The van der Waals surface area contributed by atoms with E-state index in [2.05, 4.69) is 69.3 Å². The van der Waals surface area contributed by atoms with Crippen LogP contribution < -0.4 is 9.31 Å². The first-order valence-electron chi connectivity index (χ1n) is 11.3. The SMILES string of the molecule is CCC[CH2][Sn]([CH2]CCC)([CH2]CCC)[c]1ccc(C=Cc2ccc(N)cc2)cc1.